The fraction of sp³-hybridized carbons (Fsp3) is 0.947. The molecule has 3 atom stereocenters. The third-order valence-electron chi connectivity index (χ3n) is 6.10. The van der Waals surface area contributed by atoms with Gasteiger partial charge in [-0.15, -0.1) is 0 Å². The van der Waals surface area contributed by atoms with E-state index in [1.807, 2.05) is 0 Å². The van der Waals surface area contributed by atoms with Crippen molar-refractivity contribution in [3.05, 3.63) is 0 Å². The van der Waals surface area contributed by atoms with E-state index in [0.29, 0.717) is 5.41 Å². The Morgan fingerprint density at radius 3 is 3.00 bits per heavy atom. The van der Waals surface area contributed by atoms with Crippen LogP contribution in [0.2, 0.25) is 0 Å². The fourth-order valence-corrected chi connectivity index (χ4v) is 4.69. The van der Waals surface area contributed by atoms with Gasteiger partial charge < -0.3 is 15.0 Å². The first-order valence-corrected chi connectivity index (χ1v) is 9.82. The van der Waals surface area contributed by atoms with E-state index in [2.05, 4.69) is 24.1 Å². The molecule has 3 fully saturated rings. The Bertz CT molecular complexity index is 403. The van der Waals surface area contributed by atoms with E-state index in [0.717, 1.165) is 57.2 Å². The fourth-order valence-electron chi connectivity index (χ4n) is 4.69. The highest BCUT2D eigenvalue weighted by Gasteiger charge is 2.42. The topological polar surface area (TPSA) is 36.9 Å². The van der Waals surface area contributed by atoms with Crippen LogP contribution in [-0.4, -0.2) is 50.3 Å². The van der Waals surface area contributed by atoms with Gasteiger partial charge in [0.2, 0.25) is 0 Å². The highest BCUT2D eigenvalue weighted by molar-refractivity contribution is 5.80. The summed E-state index contributed by atoms with van der Waals surface area (Å²) >= 11 is 0. The molecule has 4 heteroatoms. The SMILES string of the molecule is CCNC(=NCCC1CCCC(C)C1)N1CCC2(CCOC2)C1. The van der Waals surface area contributed by atoms with E-state index < -0.39 is 0 Å². The van der Waals surface area contributed by atoms with Gasteiger partial charge in [-0.25, -0.2) is 0 Å². The van der Waals surface area contributed by atoms with Crippen LogP contribution in [0.1, 0.15) is 58.8 Å². The van der Waals surface area contributed by atoms with Crippen LogP contribution in [-0.2, 0) is 4.74 Å². The van der Waals surface area contributed by atoms with Crippen LogP contribution in [0.4, 0.5) is 0 Å². The molecule has 1 aliphatic carbocycles. The summed E-state index contributed by atoms with van der Waals surface area (Å²) in [5, 5.41) is 3.51. The predicted octanol–water partition coefficient (Wildman–Crippen LogP) is 3.28. The molecule has 2 heterocycles. The van der Waals surface area contributed by atoms with E-state index in [-0.39, 0.29) is 0 Å². The van der Waals surface area contributed by atoms with Crippen molar-refractivity contribution in [2.75, 3.05) is 39.4 Å². The average Bonchev–Trinajstić information content (AvgIpc) is 3.17. The van der Waals surface area contributed by atoms with Crippen molar-refractivity contribution in [1.29, 1.82) is 0 Å². The van der Waals surface area contributed by atoms with Gasteiger partial charge in [0.1, 0.15) is 0 Å². The number of hydrogen-bond acceptors (Lipinski definition) is 2. The van der Waals surface area contributed by atoms with Gasteiger partial charge in [0.15, 0.2) is 5.96 Å². The summed E-state index contributed by atoms with van der Waals surface area (Å²) in [6, 6.07) is 0. The minimum atomic E-state index is 0.412. The molecular formula is C19H35N3O. The lowest BCUT2D eigenvalue weighted by atomic mass is 9.81. The molecule has 0 radical (unpaired) electrons. The summed E-state index contributed by atoms with van der Waals surface area (Å²) in [5.74, 6) is 2.96. The summed E-state index contributed by atoms with van der Waals surface area (Å²) in [7, 11) is 0. The first-order chi connectivity index (χ1) is 11.2. The molecule has 132 valence electrons. The maximum absolute atomic E-state index is 5.65. The van der Waals surface area contributed by atoms with Crippen molar-refractivity contribution in [1.82, 2.24) is 10.2 Å². The largest absolute Gasteiger partial charge is 0.381 e. The van der Waals surface area contributed by atoms with Crippen LogP contribution in [0.15, 0.2) is 4.99 Å². The van der Waals surface area contributed by atoms with Gasteiger partial charge in [-0.2, -0.15) is 0 Å². The number of ether oxygens (including phenoxy) is 1. The summed E-state index contributed by atoms with van der Waals surface area (Å²) in [6.45, 7) is 10.7. The predicted molar refractivity (Wildman–Crippen MR) is 95.8 cm³/mol. The molecule has 3 unspecified atom stereocenters. The third-order valence-corrected chi connectivity index (χ3v) is 6.10. The third kappa shape index (κ3) is 4.40. The Morgan fingerprint density at radius 1 is 1.35 bits per heavy atom. The van der Waals surface area contributed by atoms with Crippen molar-refractivity contribution >= 4 is 5.96 Å². The van der Waals surface area contributed by atoms with Gasteiger partial charge in [0, 0.05) is 38.2 Å². The molecule has 3 rings (SSSR count). The number of nitrogens with one attached hydrogen (secondary N) is 1. The molecule has 1 N–H and O–H groups in total. The molecule has 0 aromatic carbocycles. The van der Waals surface area contributed by atoms with Gasteiger partial charge >= 0.3 is 0 Å². The van der Waals surface area contributed by atoms with E-state index in [9.17, 15) is 0 Å². The Labute approximate surface area is 142 Å². The van der Waals surface area contributed by atoms with Gasteiger partial charge in [0.05, 0.1) is 6.61 Å². The number of hydrogen-bond donors (Lipinski definition) is 1. The Kier molecular flexibility index (Phi) is 5.84. The first kappa shape index (κ1) is 17.1. The molecular weight excluding hydrogens is 286 g/mol. The Balaban J connectivity index is 1.51. The van der Waals surface area contributed by atoms with Crippen LogP contribution in [0.25, 0.3) is 0 Å². The molecule has 2 aliphatic heterocycles. The molecule has 0 amide bonds. The van der Waals surface area contributed by atoms with Crippen LogP contribution in [0.3, 0.4) is 0 Å². The molecule has 1 saturated carbocycles. The van der Waals surface area contributed by atoms with Crippen molar-refractivity contribution in [2.45, 2.75) is 58.8 Å². The summed E-state index contributed by atoms with van der Waals surface area (Å²) in [5.41, 5.74) is 0.412. The second kappa shape index (κ2) is 7.87. The standard InChI is InChI=1S/C19H35N3O/c1-3-20-18(21-10-7-17-6-4-5-16(2)13-17)22-11-8-19(14-22)9-12-23-15-19/h16-17H,3-15H2,1-2H3,(H,20,21). The second-order valence-electron chi connectivity index (χ2n) is 8.14. The second-order valence-corrected chi connectivity index (χ2v) is 8.14. The monoisotopic (exact) mass is 321 g/mol. The van der Waals surface area contributed by atoms with Crippen molar-refractivity contribution in [3.8, 4) is 0 Å². The van der Waals surface area contributed by atoms with Gasteiger partial charge in [-0.1, -0.05) is 26.2 Å². The molecule has 4 nitrogen and oxygen atoms in total. The van der Waals surface area contributed by atoms with Crippen molar-refractivity contribution < 1.29 is 4.74 Å². The number of likely N-dealkylation sites (tertiary alicyclic amines) is 1. The van der Waals surface area contributed by atoms with E-state index >= 15 is 0 Å². The Morgan fingerprint density at radius 2 is 2.26 bits per heavy atom. The quantitative estimate of drug-likeness (QED) is 0.638. The van der Waals surface area contributed by atoms with E-state index in [1.165, 1.54) is 44.9 Å². The lowest BCUT2D eigenvalue weighted by molar-refractivity contribution is 0.156. The number of rotatable bonds is 4. The molecule has 1 spiro atoms. The van der Waals surface area contributed by atoms with Crippen LogP contribution in [0, 0.1) is 17.3 Å². The highest BCUT2D eigenvalue weighted by atomic mass is 16.5. The zero-order chi connectivity index (χ0) is 16.1. The van der Waals surface area contributed by atoms with Crippen LogP contribution in [0.5, 0.6) is 0 Å². The number of aliphatic imine (C=N–C) groups is 1. The smallest absolute Gasteiger partial charge is 0.193 e. The minimum Gasteiger partial charge on any atom is -0.381 e. The lowest BCUT2D eigenvalue weighted by Gasteiger charge is -2.27. The summed E-state index contributed by atoms with van der Waals surface area (Å²) in [6.07, 6.45) is 9.43. The first-order valence-electron chi connectivity index (χ1n) is 9.82. The Hall–Kier alpha value is -0.770. The maximum atomic E-state index is 5.65. The summed E-state index contributed by atoms with van der Waals surface area (Å²) < 4.78 is 5.65. The zero-order valence-corrected chi connectivity index (χ0v) is 15.1. The molecule has 0 aromatic heterocycles. The zero-order valence-electron chi connectivity index (χ0n) is 15.1. The molecule has 0 bridgehead atoms. The molecule has 0 aromatic rings. The van der Waals surface area contributed by atoms with Gasteiger partial charge in [0.25, 0.3) is 0 Å². The molecule has 23 heavy (non-hydrogen) atoms. The average molecular weight is 322 g/mol. The van der Waals surface area contributed by atoms with E-state index in [4.69, 9.17) is 9.73 Å². The van der Waals surface area contributed by atoms with Crippen molar-refractivity contribution in [3.63, 3.8) is 0 Å². The number of guanidine groups is 1. The number of nitrogens with zero attached hydrogens (tertiary/aromatic N) is 2. The van der Waals surface area contributed by atoms with Gasteiger partial charge in [-0.3, -0.25) is 4.99 Å². The minimum absolute atomic E-state index is 0.412. The molecule has 2 saturated heterocycles. The highest BCUT2D eigenvalue weighted by Crippen LogP contribution is 2.38. The van der Waals surface area contributed by atoms with Crippen LogP contribution < -0.4 is 5.32 Å². The van der Waals surface area contributed by atoms with Crippen molar-refractivity contribution in [2.24, 2.45) is 22.2 Å². The van der Waals surface area contributed by atoms with Crippen LogP contribution >= 0.6 is 0 Å². The van der Waals surface area contributed by atoms with E-state index in [1.54, 1.807) is 0 Å². The summed E-state index contributed by atoms with van der Waals surface area (Å²) in [4.78, 5) is 7.43. The molecule has 3 aliphatic rings. The normalized spacial score (nSPS) is 35.2. The lowest BCUT2D eigenvalue weighted by Crippen LogP contribution is -2.41. The maximum Gasteiger partial charge on any atom is 0.193 e. The van der Waals surface area contributed by atoms with Gasteiger partial charge in [-0.05, 0) is 44.4 Å².